The van der Waals surface area contributed by atoms with Crippen molar-refractivity contribution in [3.63, 3.8) is 0 Å². The standard InChI is InChI=1S/C16H20N4S/c1-4-12-8-13(20(3)19-12)9-15(17-2)11-7-16-14(18-10-11)5-6-21-16/h5-8,10,15,17H,4,9H2,1-3H3. The molecule has 1 N–H and O–H groups in total. The molecule has 1 atom stereocenters. The Bertz CT molecular complexity index is 744. The molecule has 3 aromatic heterocycles. The van der Waals surface area contributed by atoms with E-state index in [0.717, 1.165) is 24.1 Å². The van der Waals surface area contributed by atoms with Crippen LogP contribution >= 0.6 is 11.3 Å². The Hall–Kier alpha value is -1.72. The number of likely N-dealkylation sites (N-methyl/N-ethyl adjacent to an activating group) is 1. The van der Waals surface area contributed by atoms with Gasteiger partial charge in [0, 0.05) is 31.4 Å². The van der Waals surface area contributed by atoms with E-state index in [1.54, 1.807) is 11.3 Å². The van der Waals surface area contributed by atoms with Gasteiger partial charge < -0.3 is 5.32 Å². The number of fused-ring (bicyclic) bond motifs is 1. The van der Waals surface area contributed by atoms with E-state index >= 15 is 0 Å². The van der Waals surface area contributed by atoms with Gasteiger partial charge in [-0.2, -0.15) is 5.10 Å². The maximum atomic E-state index is 4.54. The van der Waals surface area contributed by atoms with E-state index in [1.807, 2.05) is 25.0 Å². The van der Waals surface area contributed by atoms with Crippen LogP contribution in [-0.4, -0.2) is 21.8 Å². The number of nitrogens with zero attached hydrogens (tertiary/aromatic N) is 3. The zero-order chi connectivity index (χ0) is 14.8. The van der Waals surface area contributed by atoms with Crippen LogP contribution < -0.4 is 5.32 Å². The number of aromatic nitrogens is 3. The van der Waals surface area contributed by atoms with Gasteiger partial charge in [-0.1, -0.05) is 6.92 Å². The summed E-state index contributed by atoms with van der Waals surface area (Å²) in [7, 11) is 4.02. The summed E-state index contributed by atoms with van der Waals surface area (Å²) >= 11 is 1.74. The van der Waals surface area contributed by atoms with Gasteiger partial charge in [-0.3, -0.25) is 9.67 Å². The maximum absolute atomic E-state index is 4.54. The summed E-state index contributed by atoms with van der Waals surface area (Å²) in [6.45, 7) is 2.14. The Kier molecular flexibility index (Phi) is 4.03. The van der Waals surface area contributed by atoms with Crippen molar-refractivity contribution in [2.45, 2.75) is 25.8 Å². The molecule has 0 bridgehead atoms. The first-order valence-electron chi connectivity index (χ1n) is 7.23. The van der Waals surface area contributed by atoms with Gasteiger partial charge in [0.25, 0.3) is 0 Å². The predicted octanol–water partition coefficient (Wildman–Crippen LogP) is 3.10. The quantitative estimate of drug-likeness (QED) is 0.787. The fourth-order valence-corrected chi connectivity index (χ4v) is 3.37. The summed E-state index contributed by atoms with van der Waals surface area (Å²) in [5.41, 5.74) is 4.70. The fraction of sp³-hybridized carbons (Fsp3) is 0.375. The molecule has 3 heterocycles. The first-order valence-corrected chi connectivity index (χ1v) is 8.11. The minimum atomic E-state index is 0.254. The molecular formula is C16H20N4S. The summed E-state index contributed by atoms with van der Waals surface area (Å²) in [5, 5.41) is 10.0. The van der Waals surface area contributed by atoms with E-state index < -0.39 is 0 Å². The van der Waals surface area contributed by atoms with Crippen LogP contribution in [0.4, 0.5) is 0 Å². The molecule has 0 saturated heterocycles. The molecular weight excluding hydrogens is 280 g/mol. The lowest BCUT2D eigenvalue weighted by Crippen LogP contribution is -2.20. The Morgan fingerprint density at radius 3 is 2.95 bits per heavy atom. The second-order valence-electron chi connectivity index (χ2n) is 5.22. The van der Waals surface area contributed by atoms with Crippen LogP contribution in [0.5, 0.6) is 0 Å². The molecule has 21 heavy (non-hydrogen) atoms. The van der Waals surface area contributed by atoms with Crippen molar-refractivity contribution in [1.29, 1.82) is 0 Å². The van der Waals surface area contributed by atoms with Crippen molar-refractivity contribution in [2.75, 3.05) is 7.05 Å². The normalized spacial score (nSPS) is 12.9. The summed E-state index contributed by atoms with van der Waals surface area (Å²) in [4.78, 5) is 4.54. The number of thiophene rings is 1. The number of nitrogens with one attached hydrogen (secondary N) is 1. The van der Waals surface area contributed by atoms with E-state index in [9.17, 15) is 0 Å². The van der Waals surface area contributed by atoms with Gasteiger partial charge in [-0.15, -0.1) is 11.3 Å². The van der Waals surface area contributed by atoms with Gasteiger partial charge >= 0.3 is 0 Å². The number of pyridine rings is 1. The molecule has 0 aliphatic rings. The summed E-state index contributed by atoms with van der Waals surface area (Å²) < 4.78 is 3.23. The zero-order valence-corrected chi connectivity index (χ0v) is 13.4. The highest BCUT2D eigenvalue weighted by atomic mass is 32.1. The summed E-state index contributed by atoms with van der Waals surface area (Å²) in [6, 6.07) is 6.75. The summed E-state index contributed by atoms with van der Waals surface area (Å²) in [5.74, 6) is 0. The largest absolute Gasteiger partial charge is 0.313 e. The Labute approximate surface area is 128 Å². The minimum absolute atomic E-state index is 0.254. The molecule has 110 valence electrons. The molecule has 4 nitrogen and oxygen atoms in total. The van der Waals surface area contributed by atoms with Gasteiger partial charge in [0.2, 0.25) is 0 Å². The van der Waals surface area contributed by atoms with Gasteiger partial charge in [-0.25, -0.2) is 0 Å². The first-order chi connectivity index (χ1) is 10.2. The zero-order valence-electron chi connectivity index (χ0n) is 12.6. The molecule has 3 aromatic rings. The molecule has 3 rings (SSSR count). The van der Waals surface area contributed by atoms with E-state index in [4.69, 9.17) is 0 Å². The van der Waals surface area contributed by atoms with Crippen LogP contribution in [0.3, 0.4) is 0 Å². The molecule has 0 fully saturated rings. The monoisotopic (exact) mass is 300 g/mol. The molecule has 1 unspecified atom stereocenters. The Balaban J connectivity index is 1.88. The molecule has 0 saturated carbocycles. The fourth-order valence-electron chi connectivity index (χ4n) is 2.58. The maximum Gasteiger partial charge on any atom is 0.0809 e. The highest BCUT2D eigenvalue weighted by Crippen LogP contribution is 2.24. The van der Waals surface area contributed by atoms with E-state index in [2.05, 4.69) is 45.9 Å². The number of hydrogen-bond donors (Lipinski definition) is 1. The van der Waals surface area contributed by atoms with Crippen molar-refractivity contribution in [1.82, 2.24) is 20.1 Å². The van der Waals surface area contributed by atoms with Crippen molar-refractivity contribution >= 4 is 21.6 Å². The second-order valence-corrected chi connectivity index (χ2v) is 6.17. The second kappa shape index (κ2) is 5.95. The summed E-state index contributed by atoms with van der Waals surface area (Å²) in [6.07, 6.45) is 3.87. The molecule has 0 aliphatic carbocycles. The van der Waals surface area contributed by atoms with Crippen LogP contribution in [0.1, 0.15) is 29.9 Å². The minimum Gasteiger partial charge on any atom is -0.313 e. The van der Waals surface area contributed by atoms with E-state index in [0.29, 0.717) is 0 Å². The Morgan fingerprint density at radius 1 is 1.38 bits per heavy atom. The van der Waals surface area contributed by atoms with Crippen molar-refractivity contribution in [2.24, 2.45) is 7.05 Å². The number of aryl methyl sites for hydroxylation is 2. The third-order valence-electron chi connectivity index (χ3n) is 3.88. The van der Waals surface area contributed by atoms with Crippen molar-refractivity contribution in [3.8, 4) is 0 Å². The third-order valence-corrected chi connectivity index (χ3v) is 4.73. The molecule has 0 radical (unpaired) electrons. The average molecular weight is 300 g/mol. The van der Waals surface area contributed by atoms with Gasteiger partial charge in [0.1, 0.15) is 0 Å². The van der Waals surface area contributed by atoms with Gasteiger partial charge in [0.05, 0.1) is 15.9 Å². The molecule has 0 amide bonds. The highest BCUT2D eigenvalue weighted by Gasteiger charge is 2.14. The lowest BCUT2D eigenvalue weighted by atomic mass is 10.0. The first kappa shape index (κ1) is 14.2. The van der Waals surface area contributed by atoms with Crippen LogP contribution in [0, 0.1) is 0 Å². The van der Waals surface area contributed by atoms with Crippen molar-refractivity contribution < 1.29 is 0 Å². The van der Waals surface area contributed by atoms with Crippen LogP contribution in [0.2, 0.25) is 0 Å². The third kappa shape index (κ3) is 2.84. The van der Waals surface area contributed by atoms with Crippen molar-refractivity contribution in [3.05, 3.63) is 46.7 Å². The predicted molar refractivity (Wildman–Crippen MR) is 87.7 cm³/mol. The number of rotatable bonds is 5. The molecule has 0 spiro atoms. The lowest BCUT2D eigenvalue weighted by Gasteiger charge is -2.16. The molecule has 0 aliphatic heterocycles. The van der Waals surface area contributed by atoms with Gasteiger partial charge in [-0.05, 0) is 42.6 Å². The van der Waals surface area contributed by atoms with E-state index in [1.165, 1.54) is 16.0 Å². The number of hydrogen-bond acceptors (Lipinski definition) is 4. The van der Waals surface area contributed by atoms with Crippen LogP contribution in [-0.2, 0) is 19.9 Å². The smallest absolute Gasteiger partial charge is 0.0809 e. The lowest BCUT2D eigenvalue weighted by molar-refractivity contribution is 0.560. The van der Waals surface area contributed by atoms with Crippen LogP contribution in [0.15, 0.2) is 29.8 Å². The Morgan fingerprint density at radius 2 is 2.24 bits per heavy atom. The molecule has 5 heteroatoms. The molecule has 0 aromatic carbocycles. The average Bonchev–Trinajstić information content (AvgIpc) is 3.10. The van der Waals surface area contributed by atoms with E-state index in [-0.39, 0.29) is 6.04 Å². The van der Waals surface area contributed by atoms with Crippen LogP contribution in [0.25, 0.3) is 10.2 Å². The SMILES string of the molecule is CCc1cc(CC(NC)c2cnc3ccsc3c2)n(C)n1. The highest BCUT2D eigenvalue weighted by molar-refractivity contribution is 7.17. The van der Waals surface area contributed by atoms with Gasteiger partial charge in [0.15, 0.2) is 0 Å². The topological polar surface area (TPSA) is 42.7 Å².